The molecule has 0 atom stereocenters. The second-order valence-electron chi connectivity index (χ2n) is 5.22. The smallest absolute Gasteiger partial charge is 0.325 e. The molecule has 1 aromatic carbocycles. The Labute approximate surface area is 143 Å². The Hall–Kier alpha value is -2.61. The number of benzene rings is 1. The molecule has 0 bridgehead atoms. The summed E-state index contributed by atoms with van der Waals surface area (Å²) in [6, 6.07) is 4.64. The monoisotopic (exact) mass is 347 g/mol. The standard InChI is InChI=1S/C16H17N3O4S/c1-22-12-7-6-9(8-13(12)23-2)17-15(21)19-16-18-10-4-3-5-11(20)14(10)24-16/h6-8H,3-5H2,1-2H3,(H2,17,18,19,21). The lowest BCUT2D eigenvalue weighted by molar-refractivity contribution is 0.0976. The molecule has 126 valence electrons. The van der Waals surface area contributed by atoms with E-state index in [9.17, 15) is 9.59 Å². The number of amides is 2. The average molecular weight is 347 g/mol. The van der Waals surface area contributed by atoms with Crippen LogP contribution in [-0.2, 0) is 6.42 Å². The van der Waals surface area contributed by atoms with Crippen LogP contribution < -0.4 is 20.1 Å². The van der Waals surface area contributed by atoms with Gasteiger partial charge in [-0.15, -0.1) is 0 Å². The van der Waals surface area contributed by atoms with E-state index in [0.29, 0.717) is 33.6 Å². The Morgan fingerprint density at radius 1 is 1.17 bits per heavy atom. The van der Waals surface area contributed by atoms with Gasteiger partial charge in [0.1, 0.15) is 0 Å². The molecule has 0 unspecified atom stereocenters. The van der Waals surface area contributed by atoms with Gasteiger partial charge in [-0.05, 0) is 25.0 Å². The lowest BCUT2D eigenvalue weighted by Crippen LogP contribution is -2.19. The molecule has 0 saturated carbocycles. The highest BCUT2D eigenvalue weighted by Gasteiger charge is 2.22. The van der Waals surface area contributed by atoms with Gasteiger partial charge in [0, 0.05) is 18.2 Å². The number of aryl methyl sites for hydroxylation is 1. The maximum Gasteiger partial charge on any atom is 0.325 e. The lowest BCUT2D eigenvalue weighted by atomic mass is 10.0. The number of nitrogens with zero attached hydrogens (tertiary/aromatic N) is 1. The van der Waals surface area contributed by atoms with E-state index in [4.69, 9.17) is 9.47 Å². The van der Waals surface area contributed by atoms with E-state index in [1.807, 2.05) is 0 Å². The van der Waals surface area contributed by atoms with Gasteiger partial charge in [-0.2, -0.15) is 0 Å². The van der Waals surface area contributed by atoms with Crippen LogP contribution in [0.15, 0.2) is 18.2 Å². The Bertz CT molecular complexity index is 788. The SMILES string of the molecule is COc1ccc(NC(=O)Nc2nc3c(s2)C(=O)CCC3)cc1OC. The van der Waals surface area contributed by atoms with Crippen molar-refractivity contribution in [2.45, 2.75) is 19.3 Å². The van der Waals surface area contributed by atoms with Crippen LogP contribution in [0.5, 0.6) is 11.5 Å². The molecule has 24 heavy (non-hydrogen) atoms. The second kappa shape index (κ2) is 6.88. The van der Waals surface area contributed by atoms with Crippen molar-refractivity contribution < 1.29 is 19.1 Å². The number of thiazole rings is 1. The molecule has 1 aliphatic carbocycles. The van der Waals surface area contributed by atoms with Gasteiger partial charge in [0.2, 0.25) is 0 Å². The van der Waals surface area contributed by atoms with Crippen LogP contribution in [0.3, 0.4) is 0 Å². The average Bonchev–Trinajstić information content (AvgIpc) is 2.98. The highest BCUT2D eigenvalue weighted by atomic mass is 32.1. The Balaban J connectivity index is 1.69. The van der Waals surface area contributed by atoms with E-state index in [2.05, 4.69) is 15.6 Å². The number of carbonyl (C=O) groups is 2. The topological polar surface area (TPSA) is 89.5 Å². The van der Waals surface area contributed by atoms with E-state index in [1.54, 1.807) is 25.3 Å². The van der Waals surface area contributed by atoms with Gasteiger partial charge in [-0.3, -0.25) is 10.1 Å². The van der Waals surface area contributed by atoms with Crippen LogP contribution in [0, 0.1) is 0 Å². The molecule has 8 heteroatoms. The predicted octanol–water partition coefficient (Wildman–Crippen LogP) is 3.32. The quantitative estimate of drug-likeness (QED) is 0.885. The third kappa shape index (κ3) is 3.33. The van der Waals surface area contributed by atoms with Gasteiger partial charge in [-0.25, -0.2) is 9.78 Å². The van der Waals surface area contributed by atoms with Crippen LogP contribution in [0.2, 0.25) is 0 Å². The first-order chi connectivity index (χ1) is 11.6. The van der Waals surface area contributed by atoms with Gasteiger partial charge in [0.25, 0.3) is 0 Å². The molecule has 2 N–H and O–H groups in total. The molecule has 3 rings (SSSR count). The van der Waals surface area contributed by atoms with Crippen LogP contribution in [0.1, 0.15) is 28.2 Å². The number of ether oxygens (including phenoxy) is 2. The summed E-state index contributed by atoms with van der Waals surface area (Å²) in [6.07, 6.45) is 2.13. The van der Waals surface area contributed by atoms with Crippen molar-refractivity contribution in [1.82, 2.24) is 4.98 Å². The predicted molar refractivity (Wildman–Crippen MR) is 91.6 cm³/mol. The third-order valence-electron chi connectivity index (χ3n) is 3.63. The van der Waals surface area contributed by atoms with E-state index in [1.165, 1.54) is 18.4 Å². The summed E-state index contributed by atoms with van der Waals surface area (Å²) in [6.45, 7) is 0. The Morgan fingerprint density at radius 3 is 2.67 bits per heavy atom. The number of fused-ring (bicyclic) bond motifs is 1. The van der Waals surface area contributed by atoms with Gasteiger partial charge in [0.05, 0.1) is 24.8 Å². The van der Waals surface area contributed by atoms with E-state index >= 15 is 0 Å². The van der Waals surface area contributed by atoms with Crippen molar-refractivity contribution in [1.29, 1.82) is 0 Å². The summed E-state index contributed by atoms with van der Waals surface area (Å²) in [5.41, 5.74) is 1.33. The maximum atomic E-state index is 12.1. The Morgan fingerprint density at radius 2 is 1.96 bits per heavy atom. The number of hydrogen-bond donors (Lipinski definition) is 2. The first kappa shape index (κ1) is 16.3. The van der Waals surface area contributed by atoms with Crippen LogP contribution in [-0.4, -0.2) is 31.0 Å². The number of anilines is 2. The summed E-state index contributed by atoms with van der Waals surface area (Å²) < 4.78 is 10.4. The molecule has 1 aliphatic rings. The minimum absolute atomic E-state index is 0.0992. The van der Waals surface area contributed by atoms with Gasteiger partial charge >= 0.3 is 6.03 Å². The molecule has 1 heterocycles. The Kier molecular flexibility index (Phi) is 4.66. The number of rotatable bonds is 4. The number of urea groups is 1. The van der Waals surface area contributed by atoms with Crippen molar-refractivity contribution in [3.8, 4) is 11.5 Å². The van der Waals surface area contributed by atoms with Gasteiger partial charge < -0.3 is 14.8 Å². The van der Waals surface area contributed by atoms with Crippen LogP contribution in [0.4, 0.5) is 15.6 Å². The summed E-state index contributed by atoms with van der Waals surface area (Å²) in [7, 11) is 3.07. The number of aromatic nitrogens is 1. The van der Waals surface area contributed by atoms with Crippen molar-refractivity contribution in [2.24, 2.45) is 0 Å². The molecule has 7 nitrogen and oxygen atoms in total. The largest absolute Gasteiger partial charge is 0.493 e. The number of hydrogen-bond acceptors (Lipinski definition) is 6. The van der Waals surface area contributed by atoms with Crippen molar-refractivity contribution in [3.63, 3.8) is 0 Å². The number of nitrogens with one attached hydrogen (secondary N) is 2. The van der Waals surface area contributed by atoms with E-state index in [0.717, 1.165) is 18.5 Å². The van der Waals surface area contributed by atoms with E-state index in [-0.39, 0.29) is 5.78 Å². The first-order valence-electron chi connectivity index (χ1n) is 7.43. The molecular formula is C16H17N3O4S. The fourth-order valence-electron chi connectivity index (χ4n) is 2.50. The summed E-state index contributed by atoms with van der Waals surface area (Å²) in [4.78, 5) is 28.9. The molecule has 0 aliphatic heterocycles. The molecular weight excluding hydrogens is 330 g/mol. The minimum atomic E-state index is -0.430. The van der Waals surface area contributed by atoms with Gasteiger partial charge in [-0.1, -0.05) is 11.3 Å². The molecule has 1 aromatic heterocycles. The molecule has 2 amide bonds. The minimum Gasteiger partial charge on any atom is -0.493 e. The highest BCUT2D eigenvalue weighted by molar-refractivity contribution is 7.17. The number of methoxy groups -OCH3 is 2. The second-order valence-corrected chi connectivity index (χ2v) is 6.22. The molecule has 2 aromatic rings. The van der Waals surface area contributed by atoms with Crippen molar-refractivity contribution in [2.75, 3.05) is 24.9 Å². The zero-order valence-electron chi connectivity index (χ0n) is 13.3. The number of carbonyl (C=O) groups excluding carboxylic acids is 2. The molecule has 0 fully saturated rings. The third-order valence-corrected chi connectivity index (χ3v) is 4.68. The highest BCUT2D eigenvalue weighted by Crippen LogP contribution is 2.31. The lowest BCUT2D eigenvalue weighted by Gasteiger charge is -2.10. The van der Waals surface area contributed by atoms with Gasteiger partial charge in [0.15, 0.2) is 22.4 Å². The normalized spacial score (nSPS) is 13.2. The summed E-state index contributed by atoms with van der Waals surface area (Å²) in [5.74, 6) is 1.20. The zero-order chi connectivity index (χ0) is 17.1. The van der Waals surface area contributed by atoms with E-state index < -0.39 is 6.03 Å². The molecule has 0 saturated heterocycles. The molecule has 0 radical (unpaired) electrons. The fraction of sp³-hybridized carbons (Fsp3) is 0.312. The first-order valence-corrected chi connectivity index (χ1v) is 8.25. The zero-order valence-corrected chi connectivity index (χ0v) is 14.2. The summed E-state index contributed by atoms with van der Waals surface area (Å²) in [5, 5.41) is 5.80. The fourth-order valence-corrected chi connectivity index (χ4v) is 3.47. The number of ketones is 1. The van der Waals surface area contributed by atoms with Crippen LogP contribution in [0.25, 0.3) is 0 Å². The number of Topliss-reactive ketones (excluding diaryl/α,β-unsaturated/α-hetero) is 1. The van der Waals surface area contributed by atoms with Crippen molar-refractivity contribution >= 4 is 34.0 Å². The maximum absolute atomic E-state index is 12.1. The molecule has 0 spiro atoms. The van der Waals surface area contributed by atoms with Crippen LogP contribution >= 0.6 is 11.3 Å². The summed E-state index contributed by atoms with van der Waals surface area (Å²) >= 11 is 1.22. The van der Waals surface area contributed by atoms with Crippen molar-refractivity contribution in [3.05, 3.63) is 28.8 Å².